The number of rotatable bonds is 6. The average Bonchev–Trinajstić information content (AvgIpc) is 3.02. The highest BCUT2D eigenvalue weighted by Gasteiger charge is 2.43. The molecule has 2 amide bonds. The Labute approximate surface area is 136 Å². The molecule has 23 heavy (non-hydrogen) atoms. The van der Waals surface area contributed by atoms with E-state index in [2.05, 4.69) is 10.3 Å². The van der Waals surface area contributed by atoms with Crippen LogP contribution in [0.2, 0.25) is 0 Å². The standard InChI is InChI=1S/C17H25N3O3/c1-11(2)14(17(10-21)7-3-4-8-17)20-16(23)13-6-5-12(9-19-13)15(18)22/h5-6,9,11,14,21H,3-4,7-8,10H2,1-2H3,(H2,18,22)(H,20,23). The molecule has 6 heteroatoms. The molecule has 0 bridgehead atoms. The number of pyridine rings is 1. The fourth-order valence-corrected chi connectivity index (χ4v) is 3.56. The van der Waals surface area contributed by atoms with Gasteiger partial charge in [-0.25, -0.2) is 0 Å². The number of hydrogen-bond donors (Lipinski definition) is 3. The predicted molar refractivity (Wildman–Crippen MR) is 86.8 cm³/mol. The highest BCUT2D eigenvalue weighted by Crippen LogP contribution is 2.43. The number of aliphatic hydroxyl groups is 1. The summed E-state index contributed by atoms with van der Waals surface area (Å²) in [5.74, 6) is -0.664. The summed E-state index contributed by atoms with van der Waals surface area (Å²) < 4.78 is 0. The summed E-state index contributed by atoms with van der Waals surface area (Å²) in [6.45, 7) is 4.17. The average molecular weight is 319 g/mol. The second-order valence-corrected chi connectivity index (χ2v) is 6.72. The number of nitrogens with two attached hydrogens (primary N) is 1. The van der Waals surface area contributed by atoms with Crippen LogP contribution in [-0.2, 0) is 0 Å². The van der Waals surface area contributed by atoms with Gasteiger partial charge >= 0.3 is 0 Å². The van der Waals surface area contributed by atoms with Crippen molar-refractivity contribution in [3.05, 3.63) is 29.6 Å². The lowest BCUT2D eigenvalue weighted by molar-refractivity contribution is 0.0566. The molecule has 1 saturated carbocycles. The van der Waals surface area contributed by atoms with Gasteiger partial charge in [-0.1, -0.05) is 26.7 Å². The number of nitrogens with zero attached hydrogens (tertiary/aromatic N) is 1. The third kappa shape index (κ3) is 3.69. The number of carbonyl (C=O) groups excluding carboxylic acids is 2. The first-order chi connectivity index (χ1) is 10.9. The molecule has 0 saturated heterocycles. The molecule has 0 spiro atoms. The van der Waals surface area contributed by atoms with E-state index in [4.69, 9.17) is 5.73 Å². The Bertz CT molecular complexity index is 563. The van der Waals surface area contributed by atoms with Gasteiger partial charge in [-0.2, -0.15) is 0 Å². The van der Waals surface area contributed by atoms with E-state index in [1.165, 1.54) is 18.3 Å². The first-order valence-electron chi connectivity index (χ1n) is 8.07. The molecule has 4 N–H and O–H groups in total. The van der Waals surface area contributed by atoms with E-state index in [0.29, 0.717) is 0 Å². The number of amides is 2. The van der Waals surface area contributed by atoms with Crippen molar-refractivity contribution >= 4 is 11.8 Å². The molecule has 1 unspecified atom stereocenters. The third-order valence-electron chi connectivity index (χ3n) is 4.81. The Morgan fingerprint density at radius 3 is 2.43 bits per heavy atom. The van der Waals surface area contributed by atoms with E-state index in [1.807, 2.05) is 13.8 Å². The van der Waals surface area contributed by atoms with E-state index in [0.717, 1.165) is 25.7 Å². The van der Waals surface area contributed by atoms with Crippen molar-refractivity contribution in [3.8, 4) is 0 Å². The van der Waals surface area contributed by atoms with Gasteiger partial charge in [0.05, 0.1) is 12.2 Å². The number of hydrogen-bond acceptors (Lipinski definition) is 4. The molecule has 1 heterocycles. The van der Waals surface area contributed by atoms with Crippen LogP contribution in [-0.4, -0.2) is 34.6 Å². The van der Waals surface area contributed by atoms with Crippen LogP contribution in [0.15, 0.2) is 18.3 Å². The third-order valence-corrected chi connectivity index (χ3v) is 4.81. The van der Waals surface area contributed by atoms with Gasteiger partial charge in [0.25, 0.3) is 5.91 Å². The van der Waals surface area contributed by atoms with E-state index < -0.39 is 5.91 Å². The van der Waals surface area contributed by atoms with Gasteiger partial charge in [-0.05, 0) is 30.9 Å². The van der Waals surface area contributed by atoms with Crippen LogP contribution < -0.4 is 11.1 Å². The fourth-order valence-electron chi connectivity index (χ4n) is 3.56. The summed E-state index contributed by atoms with van der Waals surface area (Å²) in [7, 11) is 0. The molecule has 0 aliphatic heterocycles. The van der Waals surface area contributed by atoms with Gasteiger partial charge in [-0.3, -0.25) is 14.6 Å². The number of aliphatic hydroxyl groups excluding tert-OH is 1. The van der Waals surface area contributed by atoms with Crippen molar-refractivity contribution in [1.29, 1.82) is 0 Å². The molecule has 126 valence electrons. The van der Waals surface area contributed by atoms with Crippen LogP contribution >= 0.6 is 0 Å². The Morgan fingerprint density at radius 2 is 2.00 bits per heavy atom. The minimum atomic E-state index is -0.574. The normalized spacial score (nSPS) is 17.9. The van der Waals surface area contributed by atoms with Crippen LogP contribution in [0.1, 0.15) is 60.4 Å². The Kier molecular flexibility index (Phi) is 5.36. The Morgan fingerprint density at radius 1 is 1.35 bits per heavy atom. The van der Waals surface area contributed by atoms with E-state index in [-0.39, 0.29) is 41.1 Å². The van der Waals surface area contributed by atoms with Gasteiger partial charge in [0.2, 0.25) is 5.91 Å². The molecule has 0 aromatic carbocycles. The summed E-state index contributed by atoms with van der Waals surface area (Å²) in [5, 5.41) is 12.9. The summed E-state index contributed by atoms with van der Waals surface area (Å²) >= 11 is 0. The molecule has 1 fully saturated rings. The van der Waals surface area contributed by atoms with Crippen molar-refractivity contribution in [3.63, 3.8) is 0 Å². The lowest BCUT2D eigenvalue weighted by atomic mass is 9.74. The number of nitrogens with one attached hydrogen (secondary N) is 1. The van der Waals surface area contributed by atoms with E-state index in [9.17, 15) is 14.7 Å². The minimum absolute atomic E-state index is 0.0736. The van der Waals surface area contributed by atoms with Crippen molar-refractivity contribution in [2.75, 3.05) is 6.61 Å². The van der Waals surface area contributed by atoms with Crippen molar-refractivity contribution in [2.45, 2.75) is 45.6 Å². The molecule has 2 rings (SSSR count). The van der Waals surface area contributed by atoms with E-state index >= 15 is 0 Å². The zero-order valence-electron chi connectivity index (χ0n) is 13.7. The summed E-state index contributed by atoms with van der Waals surface area (Å²) in [4.78, 5) is 27.6. The molecule has 1 aliphatic rings. The lowest BCUT2D eigenvalue weighted by Crippen LogP contribution is -2.51. The van der Waals surface area contributed by atoms with Crippen LogP contribution in [0.3, 0.4) is 0 Å². The quantitative estimate of drug-likeness (QED) is 0.738. The summed E-state index contributed by atoms with van der Waals surface area (Å²) in [6.07, 6.45) is 5.29. The zero-order chi connectivity index (χ0) is 17.0. The minimum Gasteiger partial charge on any atom is -0.396 e. The second kappa shape index (κ2) is 7.08. The van der Waals surface area contributed by atoms with Gasteiger partial charge < -0.3 is 16.2 Å². The van der Waals surface area contributed by atoms with Crippen LogP contribution in [0, 0.1) is 11.3 Å². The largest absolute Gasteiger partial charge is 0.396 e. The highest BCUT2D eigenvalue weighted by molar-refractivity contribution is 5.95. The van der Waals surface area contributed by atoms with Crippen LogP contribution in [0.5, 0.6) is 0 Å². The van der Waals surface area contributed by atoms with Crippen LogP contribution in [0.4, 0.5) is 0 Å². The molecule has 0 radical (unpaired) electrons. The predicted octanol–water partition coefficient (Wildman–Crippen LogP) is 1.49. The van der Waals surface area contributed by atoms with Crippen molar-refractivity contribution in [2.24, 2.45) is 17.1 Å². The maximum atomic E-state index is 12.5. The number of aromatic nitrogens is 1. The highest BCUT2D eigenvalue weighted by atomic mass is 16.3. The fraction of sp³-hybridized carbons (Fsp3) is 0.588. The van der Waals surface area contributed by atoms with Crippen LogP contribution in [0.25, 0.3) is 0 Å². The first-order valence-corrected chi connectivity index (χ1v) is 8.07. The monoisotopic (exact) mass is 319 g/mol. The van der Waals surface area contributed by atoms with E-state index in [1.54, 1.807) is 0 Å². The molecular formula is C17H25N3O3. The van der Waals surface area contributed by atoms with Crippen molar-refractivity contribution in [1.82, 2.24) is 10.3 Å². The molecule has 1 aliphatic carbocycles. The maximum Gasteiger partial charge on any atom is 0.270 e. The Hall–Kier alpha value is -1.95. The van der Waals surface area contributed by atoms with Gasteiger partial charge in [0.1, 0.15) is 5.69 Å². The maximum absolute atomic E-state index is 12.5. The molecule has 1 atom stereocenters. The lowest BCUT2D eigenvalue weighted by Gasteiger charge is -2.39. The Balaban J connectivity index is 2.16. The molecule has 1 aromatic rings. The van der Waals surface area contributed by atoms with Crippen molar-refractivity contribution < 1.29 is 14.7 Å². The zero-order valence-corrected chi connectivity index (χ0v) is 13.7. The van der Waals surface area contributed by atoms with Gasteiger partial charge in [0.15, 0.2) is 0 Å². The van der Waals surface area contributed by atoms with Gasteiger partial charge in [0, 0.05) is 17.7 Å². The topological polar surface area (TPSA) is 105 Å². The van der Waals surface area contributed by atoms with Gasteiger partial charge in [-0.15, -0.1) is 0 Å². The SMILES string of the molecule is CC(C)C(NC(=O)c1ccc(C(N)=O)cn1)C1(CO)CCCC1. The number of carbonyl (C=O) groups is 2. The summed E-state index contributed by atoms with van der Waals surface area (Å²) in [6, 6.07) is 2.87. The smallest absolute Gasteiger partial charge is 0.270 e. The second-order valence-electron chi connectivity index (χ2n) is 6.72. The number of primary amides is 1. The summed E-state index contributed by atoms with van der Waals surface area (Å²) in [5.41, 5.74) is 5.43. The first kappa shape index (κ1) is 17.4. The molecule has 1 aromatic heterocycles. The molecular weight excluding hydrogens is 294 g/mol. The molecule has 6 nitrogen and oxygen atoms in total.